The third-order valence-corrected chi connectivity index (χ3v) is 3.28. The van der Waals surface area contributed by atoms with Gasteiger partial charge in [-0.1, -0.05) is 39.7 Å². The highest BCUT2D eigenvalue weighted by Crippen LogP contribution is 2.37. The van der Waals surface area contributed by atoms with Crippen molar-refractivity contribution in [2.24, 2.45) is 17.8 Å². The zero-order chi connectivity index (χ0) is 8.97. The van der Waals surface area contributed by atoms with Crippen molar-refractivity contribution in [3.05, 3.63) is 18.4 Å². The van der Waals surface area contributed by atoms with Crippen LogP contribution in [0.2, 0.25) is 0 Å². The molecule has 0 aromatic rings. The molecule has 0 nitrogen and oxygen atoms in total. The molecule has 2 unspecified atom stereocenters. The summed E-state index contributed by atoms with van der Waals surface area (Å²) in [4.78, 5) is 0. The van der Waals surface area contributed by atoms with Crippen LogP contribution in [0, 0.1) is 17.8 Å². The summed E-state index contributed by atoms with van der Waals surface area (Å²) in [5.41, 5.74) is 2.95. The Kier molecular flexibility index (Phi) is 3.62. The Hall–Kier alpha value is -0.480. The van der Waals surface area contributed by atoms with Crippen LogP contribution in [-0.4, -0.2) is 0 Å². The largest absolute Gasteiger partial charge is 0.133 e. The van der Waals surface area contributed by atoms with Crippen molar-refractivity contribution in [1.82, 2.24) is 0 Å². The van der Waals surface area contributed by atoms with Crippen molar-refractivity contribution >= 4 is 0 Å². The predicted octanol–water partition coefficient (Wildman–Crippen LogP) is 3.79. The number of hydrogen-bond acceptors (Lipinski definition) is 0. The molecule has 1 rings (SSSR count). The highest BCUT2D eigenvalue weighted by atomic mass is 14.3. The third kappa shape index (κ3) is 2.01. The van der Waals surface area contributed by atoms with E-state index >= 15 is 0 Å². The molecule has 12 heavy (non-hydrogen) atoms. The van der Waals surface area contributed by atoms with Crippen molar-refractivity contribution in [2.75, 3.05) is 0 Å². The fourth-order valence-electron chi connectivity index (χ4n) is 2.59. The van der Waals surface area contributed by atoms with E-state index in [0.717, 1.165) is 17.8 Å². The van der Waals surface area contributed by atoms with Crippen molar-refractivity contribution < 1.29 is 0 Å². The van der Waals surface area contributed by atoms with E-state index in [0.29, 0.717) is 0 Å². The molecule has 0 spiro atoms. The second-order valence-electron chi connectivity index (χ2n) is 4.01. The highest BCUT2D eigenvalue weighted by molar-refractivity contribution is 4.92. The molecule has 1 aliphatic rings. The first-order valence-corrected chi connectivity index (χ1v) is 5.15. The first kappa shape index (κ1) is 9.61. The molecule has 0 N–H and O–H groups in total. The van der Waals surface area contributed by atoms with Crippen molar-refractivity contribution in [2.45, 2.75) is 39.5 Å². The van der Waals surface area contributed by atoms with E-state index in [1.54, 1.807) is 0 Å². The van der Waals surface area contributed by atoms with Gasteiger partial charge in [0.05, 0.1) is 0 Å². The molecule has 1 saturated carbocycles. The first-order valence-electron chi connectivity index (χ1n) is 5.15. The second-order valence-corrected chi connectivity index (χ2v) is 4.01. The zero-order valence-electron chi connectivity index (χ0n) is 8.34. The van der Waals surface area contributed by atoms with Gasteiger partial charge in [0.2, 0.25) is 0 Å². The van der Waals surface area contributed by atoms with Crippen LogP contribution in [0.3, 0.4) is 0 Å². The van der Waals surface area contributed by atoms with Gasteiger partial charge in [0.15, 0.2) is 0 Å². The average molecular weight is 164 g/mol. The summed E-state index contributed by atoms with van der Waals surface area (Å²) >= 11 is 0. The normalized spacial score (nSPS) is 35.7. The van der Waals surface area contributed by atoms with Gasteiger partial charge in [-0.2, -0.15) is 0 Å². The predicted molar refractivity (Wildman–Crippen MR) is 54.0 cm³/mol. The summed E-state index contributed by atoms with van der Waals surface area (Å²) in [6.07, 6.45) is 7.65. The van der Waals surface area contributed by atoms with E-state index in [-0.39, 0.29) is 0 Å². The molecule has 1 fully saturated rings. The summed E-state index contributed by atoms with van der Waals surface area (Å²) in [7, 11) is 0. The molecule has 68 valence electrons. The van der Waals surface area contributed by atoms with E-state index in [1.165, 1.54) is 25.7 Å². The van der Waals surface area contributed by atoms with Crippen molar-refractivity contribution in [1.29, 1.82) is 0 Å². The maximum absolute atomic E-state index is 3.67. The molecular weight excluding hydrogens is 144 g/mol. The van der Waals surface area contributed by atoms with Gasteiger partial charge in [0, 0.05) is 0 Å². The minimum atomic E-state index is 0.760. The molecular formula is C12H20. The average Bonchev–Trinajstić information content (AvgIpc) is 2.05. The SMILES string of the molecule is C=C=CC1CCCC(C)[C@H]1CC. The molecule has 0 aliphatic heterocycles. The summed E-state index contributed by atoms with van der Waals surface area (Å²) < 4.78 is 0. The third-order valence-electron chi connectivity index (χ3n) is 3.28. The number of allylic oxidation sites excluding steroid dienone is 1. The van der Waals surface area contributed by atoms with Crippen LogP contribution in [0.25, 0.3) is 0 Å². The molecule has 0 aromatic heterocycles. The molecule has 0 heterocycles. The topological polar surface area (TPSA) is 0 Å². The van der Waals surface area contributed by atoms with Crippen molar-refractivity contribution in [3.63, 3.8) is 0 Å². The molecule has 1 aliphatic carbocycles. The molecule has 3 atom stereocenters. The second kappa shape index (κ2) is 4.52. The van der Waals surface area contributed by atoms with Crippen LogP contribution >= 0.6 is 0 Å². The maximum Gasteiger partial charge on any atom is -0.0127 e. The summed E-state index contributed by atoms with van der Waals surface area (Å²) in [6.45, 7) is 8.36. The van der Waals surface area contributed by atoms with Gasteiger partial charge in [-0.3, -0.25) is 0 Å². The Bertz CT molecular complexity index is 174. The monoisotopic (exact) mass is 164 g/mol. The van der Waals surface area contributed by atoms with E-state index in [4.69, 9.17) is 0 Å². The van der Waals surface area contributed by atoms with Gasteiger partial charge in [0.25, 0.3) is 0 Å². The Balaban J connectivity index is 2.63. The minimum Gasteiger partial charge on any atom is -0.133 e. The first-order chi connectivity index (χ1) is 5.79. The highest BCUT2D eigenvalue weighted by Gasteiger charge is 2.27. The quantitative estimate of drug-likeness (QED) is 0.545. The summed E-state index contributed by atoms with van der Waals surface area (Å²) in [5, 5.41) is 0. The smallest absolute Gasteiger partial charge is 0.0127 e. The molecule has 0 heteroatoms. The van der Waals surface area contributed by atoms with E-state index in [9.17, 15) is 0 Å². The Morgan fingerprint density at radius 3 is 2.83 bits per heavy atom. The molecule has 0 saturated heterocycles. The van der Waals surface area contributed by atoms with E-state index < -0.39 is 0 Å². The Morgan fingerprint density at radius 1 is 1.50 bits per heavy atom. The Morgan fingerprint density at radius 2 is 2.25 bits per heavy atom. The van der Waals surface area contributed by atoms with Gasteiger partial charge in [0.1, 0.15) is 0 Å². The molecule has 0 amide bonds. The van der Waals surface area contributed by atoms with Crippen LogP contribution in [-0.2, 0) is 0 Å². The van der Waals surface area contributed by atoms with Crippen LogP contribution in [0.5, 0.6) is 0 Å². The summed E-state index contributed by atoms with van der Waals surface area (Å²) in [6, 6.07) is 0. The molecule has 0 aromatic carbocycles. The van der Waals surface area contributed by atoms with E-state index in [1.807, 2.05) is 0 Å². The lowest BCUT2D eigenvalue weighted by atomic mass is 9.71. The lowest BCUT2D eigenvalue weighted by molar-refractivity contribution is 0.194. The van der Waals surface area contributed by atoms with Gasteiger partial charge in [-0.15, -0.1) is 5.73 Å². The van der Waals surface area contributed by atoms with Crippen molar-refractivity contribution in [3.8, 4) is 0 Å². The Labute approximate surface area is 76.4 Å². The molecule has 0 radical (unpaired) electrons. The number of rotatable bonds is 2. The van der Waals surface area contributed by atoms with Crippen LogP contribution < -0.4 is 0 Å². The van der Waals surface area contributed by atoms with Gasteiger partial charge in [-0.05, 0) is 30.3 Å². The van der Waals surface area contributed by atoms with Crippen LogP contribution in [0.15, 0.2) is 18.4 Å². The lowest BCUT2D eigenvalue weighted by Gasteiger charge is -2.33. The van der Waals surface area contributed by atoms with E-state index in [2.05, 4.69) is 32.2 Å². The number of hydrogen-bond donors (Lipinski definition) is 0. The lowest BCUT2D eigenvalue weighted by Crippen LogP contribution is -2.24. The van der Waals surface area contributed by atoms with Crippen LogP contribution in [0.4, 0.5) is 0 Å². The fraction of sp³-hybridized carbons (Fsp3) is 0.750. The summed E-state index contributed by atoms with van der Waals surface area (Å²) in [5.74, 6) is 2.54. The van der Waals surface area contributed by atoms with Gasteiger partial charge in [-0.25, -0.2) is 0 Å². The maximum atomic E-state index is 3.67. The van der Waals surface area contributed by atoms with Gasteiger partial charge < -0.3 is 0 Å². The van der Waals surface area contributed by atoms with Crippen LogP contribution in [0.1, 0.15) is 39.5 Å². The minimum absolute atomic E-state index is 0.760. The molecule has 0 bridgehead atoms. The standard InChI is InChI=1S/C12H20/c1-4-7-11-9-6-8-10(3)12(11)5-2/h7,10-12H,1,5-6,8-9H2,2-3H3/t10?,11?,12-/m1/s1. The van der Waals surface area contributed by atoms with Gasteiger partial charge >= 0.3 is 0 Å². The fourth-order valence-corrected chi connectivity index (χ4v) is 2.59. The zero-order valence-corrected chi connectivity index (χ0v) is 8.34.